The summed E-state index contributed by atoms with van der Waals surface area (Å²) < 4.78 is 27.9. The van der Waals surface area contributed by atoms with Crippen molar-refractivity contribution in [1.29, 1.82) is 5.26 Å². The lowest BCUT2D eigenvalue weighted by Crippen LogP contribution is -2.09. The minimum atomic E-state index is -2.81. The van der Waals surface area contributed by atoms with Gasteiger partial charge in [0, 0.05) is 12.2 Å². The van der Waals surface area contributed by atoms with Crippen LogP contribution in [-0.2, 0) is 0 Å². The molecule has 1 unspecified atom stereocenters. The first-order valence-electron chi connectivity index (χ1n) is 4.80. The highest BCUT2D eigenvalue weighted by atomic mass is 19.3. The SMILES string of the molecule is CC(C#N)CNc1ccc(OC(F)F)cc1. The van der Waals surface area contributed by atoms with E-state index in [1.165, 1.54) is 12.1 Å². The minimum absolute atomic E-state index is 0.100. The van der Waals surface area contributed by atoms with Crippen LogP contribution >= 0.6 is 0 Å². The van der Waals surface area contributed by atoms with Crippen molar-refractivity contribution in [2.75, 3.05) is 11.9 Å². The van der Waals surface area contributed by atoms with Crippen LogP contribution in [0.25, 0.3) is 0 Å². The Morgan fingerprint density at radius 3 is 2.50 bits per heavy atom. The fourth-order valence-electron chi connectivity index (χ4n) is 1.07. The summed E-state index contributed by atoms with van der Waals surface area (Å²) in [6.45, 7) is -0.496. The lowest BCUT2D eigenvalue weighted by Gasteiger charge is -2.08. The molecule has 0 saturated carbocycles. The van der Waals surface area contributed by atoms with E-state index in [4.69, 9.17) is 5.26 Å². The third-order valence-electron chi connectivity index (χ3n) is 1.91. The van der Waals surface area contributed by atoms with Crippen LogP contribution in [0.4, 0.5) is 14.5 Å². The third kappa shape index (κ3) is 4.13. The lowest BCUT2D eigenvalue weighted by atomic mass is 10.2. The molecule has 0 spiro atoms. The van der Waals surface area contributed by atoms with Gasteiger partial charge in [0.05, 0.1) is 12.0 Å². The molecule has 0 saturated heterocycles. The van der Waals surface area contributed by atoms with Gasteiger partial charge >= 0.3 is 6.61 Å². The van der Waals surface area contributed by atoms with Crippen molar-refractivity contribution < 1.29 is 13.5 Å². The summed E-state index contributed by atoms with van der Waals surface area (Å²) in [5.74, 6) is 0.0193. The third-order valence-corrected chi connectivity index (χ3v) is 1.91. The zero-order chi connectivity index (χ0) is 12.0. The summed E-state index contributed by atoms with van der Waals surface area (Å²) in [6, 6.07) is 8.24. The van der Waals surface area contributed by atoms with Crippen LogP contribution in [-0.4, -0.2) is 13.2 Å². The topological polar surface area (TPSA) is 45.0 Å². The Labute approximate surface area is 92.6 Å². The maximum atomic E-state index is 11.8. The molecule has 0 radical (unpaired) electrons. The quantitative estimate of drug-likeness (QED) is 0.839. The van der Waals surface area contributed by atoms with Crippen molar-refractivity contribution in [1.82, 2.24) is 0 Å². The van der Waals surface area contributed by atoms with Crippen LogP contribution in [0.5, 0.6) is 5.75 Å². The Morgan fingerprint density at radius 2 is 2.00 bits per heavy atom. The van der Waals surface area contributed by atoms with Gasteiger partial charge in [-0.2, -0.15) is 14.0 Å². The molecule has 5 heteroatoms. The molecule has 16 heavy (non-hydrogen) atoms. The van der Waals surface area contributed by atoms with Gasteiger partial charge in [-0.1, -0.05) is 0 Å². The van der Waals surface area contributed by atoms with E-state index in [2.05, 4.69) is 16.1 Å². The molecule has 1 rings (SSSR count). The van der Waals surface area contributed by atoms with Crippen LogP contribution in [0.2, 0.25) is 0 Å². The second kappa shape index (κ2) is 5.91. The first-order valence-corrected chi connectivity index (χ1v) is 4.80. The number of hydrogen-bond donors (Lipinski definition) is 1. The average Bonchev–Trinajstić information content (AvgIpc) is 2.27. The molecule has 1 N–H and O–H groups in total. The Hall–Kier alpha value is -1.83. The second-order valence-electron chi connectivity index (χ2n) is 3.31. The highest BCUT2D eigenvalue weighted by Crippen LogP contribution is 2.17. The minimum Gasteiger partial charge on any atom is -0.435 e. The lowest BCUT2D eigenvalue weighted by molar-refractivity contribution is -0.0498. The maximum absolute atomic E-state index is 11.8. The van der Waals surface area contributed by atoms with Crippen LogP contribution in [0.1, 0.15) is 6.92 Å². The van der Waals surface area contributed by atoms with Gasteiger partial charge in [-0.3, -0.25) is 0 Å². The molecule has 0 fully saturated rings. The van der Waals surface area contributed by atoms with E-state index in [-0.39, 0.29) is 11.7 Å². The summed E-state index contributed by atoms with van der Waals surface area (Å²) in [7, 11) is 0. The summed E-state index contributed by atoms with van der Waals surface area (Å²) >= 11 is 0. The Balaban J connectivity index is 2.49. The molecule has 0 aliphatic rings. The standard InChI is InChI=1S/C11H12F2N2O/c1-8(6-14)7-15-9-2-4-10(5-3-9)16-11(12)13/h2-5,8,11,15H,7H2,1H3. The highest BCUT2D eigenvalue weighted by Gasteiger charge is 2.04. The predicted octanol–water partition coefficient (Wildman–Crippen LogP) is 2.86. The van der Waals surface area contributed by atoms with Gasteiger partial charge in [-0.15, -0.1) is 0 Å². The fourth-order valence-corrected chi connectivity index (χ4v) is 1.07. The number of benzene rings is 1. The van der Waals surface area contributed by atoms with Crippen LogP contribution in [0, 0.1) is 17.2 Å². The number of hydrogen-bond acceptors (Lipinski definition) is 3. The van der Waals surface area contributed by atoms with Gasteiger partial charge < -0.3 is 10.1 Å². The van der Waals surface area contributed by atoms with Gasteiger partial charge in [-0.05, 0) is 31.2 Å². The van der Waals surface area contributed by atoms with E-state index in [9.17, 15) is 8.78 Å². The molecular formula is C11H12F2N2O. The Bertz CT molecular complexity index is 359. The van der Waals surface area contributed by atoms with Crippen LogP contribution < -0.4 is 10.1 Å². The Morgan fingerprint density at radius 1 is 1.38 bits per heavy atom. The zero-order valence-electron chi connectivity index (χ0n) is 8.78. The van der Waals surface area contributed by atoms with E-state index < -0.39 is 6.61 Å². The van der Waals surface area contributed by atoms with Gasteiger partial charge in [-0.25, -0.2) is 0 Å². The maximum Gasteiger partial charge on any atom is 0.387 e. The smallest absolute Gasteiger partial charge is 0.387 e. The molecule has 1 aromatic carbocycles. The molecule has 3 nitrogen and oxygen atoms in total. The number of anilines is 1. The van der Waals surface area contributed by atoms with Crippen molar-refractivity contribution in [2.24, 2.45) is 5.92 Å². The molecule has 0 aliphatic carbocycles. The van der Waals surface area contributed by atoms with Crippen LogP contribution in [0.3, 0.4) is 0 Å². The fraction of sp³-hybridized carbons (Fsp3) is 0.364. The number of nitrogens with one attached hydrogen (secondary N) is 1. The van der Waals surface area contributed by atoms with Gasteiger partial charge in [0.2, 0.25) is 0 Å². The number of ether oxygens (including phenoxy) is 1. The summed E-state index contributed by atoms with van der Waals surface area (Å²) in [5.41, 5.74) is 0.767. The van der Waals surface area contributed by atoms with Crippen molar-refractivity contribution >= 4 is 5.69 Å². The average molecular weight is 226 g/mol. The van der Waals surface area contributed by atoms with E-state index in [0.717, 1.165) is 5.69 Å². The van der Waals surface area contributed by atoms with Gasteiger partial charge in [0.15, 0.2) is 0 Å². The summed E-state index contributed by atoms with van der Waals surface area (Å²) in [6.07, 6.45) is 0. The number of nitriles is 1. The van der Waals surface area contributed by atoms with Crippen molar-refractivity contribution in [2.45, 2.75) is 13.5 Å². The zero-order valence-corrected chi connectivity index (χ0v) is 8.78. The van der Waals surface area contributed by atoms with Crippen LogP contribution in [0.15, 0.2) is 24.3 Å². The van der Waals surface area contributed by atoms with E-state index in [0.29, 0.717) is 6.54 Å². The van der Waals surface area contributed by atoms with Crippen molar-refractivity contribution in [3.05, 3.63) is 24.3 Å². The number of rotatable bonds is 5. The number of alkyl halides is 2. The van der Waals surface area contributed by atoms with Crippen molar-refractivity contribution in [3.63, 3.8) is 0 Å². The van der Waals surface area contributed by atoms with Crippen molar-refractivity contribution in [3.8, 4) is 11.8 Å². The summed E-state index contributed by atoms with van der Waals surface area (Å²) in [4.78, 5) is 0. The number of halogens is 2. The van der Waals surface area contributed by atoms with Gasteiger partial charge in [0.1, 0.15) is 5.75 Å². The molecule has 86 valence electrons. The van der Waals surface area contributed by atoms with Gasteiger partial charge in [0.25, 0.3) is 0 Å². The molecule has 0 aromatic heterocycles. The molecule has 1 aromatic rings. The molecular weight excluding hydrogens is 214 g/mol. The number of nitrogens with zero attached hydrogens (tertiary/aromatic N) is 1. The molecule has 0 amide bonds. The largest absolute Gasteiger partial charge is 0.435 e. The first-order chi connectivity index (χ1) is 7.61. The highest BCUT2D eigenvalue weighted by molar-refractivity contribution is 5.46. The first kappa shape index (κ1) is 12.2. The Kier molecular flexibility index (Phi) is 4.52. The summed E-state index contributed by atoms with van der Waals surface area (Å²) in [5, 5.41) is 11.6. The van der Waals surface area contributed by atoms with E-state index in [1.807, 2.05) is 0 Å². The normalized spacial score (nSPS) is 11.9. The molecule has 0 heterocycles. The second-order valence-corrected chi connectivity index (χ2v) is 3.31. The molecule has 0 bridgehead atoms. The monoisotopic (exact) mass is 226 g/mol. The predicted molar refractivity (Wildman–Crippen MR) is 56.3 cm³/mol. The van der Waals surface area contributed by atoms with E-state index >= 15 is 0 Å². The molecule has 0 aliphatic heterocycles. The van der Waals surface area contributed by atoms with E-state index in [1.54, 1.807) is 19.1 Å². The molecule has 1 atom stereocenters.